The number of rotatable bonds is 8. The zero-order valence-electron chi connectivity index (χ0n) is 16.0. The predicted octanol–water partition coefficient (Wildman–Crippen LogP) is 2.15. The zero-order valence-corrected chi connectivity index (χ0v) is 16.0. The molecule has 1 unspecified atom stereocenters. The van der Waals surface area contributed by atoms with Crippen molar-refractivity contribution in [3.8, 4) is 0 Å². The van der Waals surface area contributed by atoms with E-state index in [1.54, 1.807) is 7.05 Å². The molecule has 6 heteroatoms. The van der Waals surface area contributed by atoms with Gasteiger partial charge in [-0.3, -0.25) is 4.79 Å². The number of amides is 2. The second-order valence-corrected chi connectivity index (χ2v) is 7.98. The Bertz CT molecular complexity index is 387. The van der Waals surface area contributed by atoms with Crippen LogP contribution < -0.4 is 16.0 Å². The number of hydrogen-bond donors (Lipinski definition) is 3. The maximum Gasteiger partial charge on any atom is 0.407 e. The molecule has 0 aliphatic heterocycles. The van der Waals surface area contributed by atoms with E-state index in [1.165, 1.54) is 0 Å². The smallest absolute Gasteiger partial charge is 0.407 e. The molecule has 0 radical (unpaired) electrons. The third-order valence-electron chi connectivity index (χ3n) is 3.67. The van der Waals surface area contributed by atoms with Crippen molar-refractivity contribution >= 4 is 12.0 Å². The Morgan fingerprint density at radius 2 is 1.61 bits per heavy atom. The van der Waals surface area contributed by atoms with Crippen LogP contribution in [0.4, 0.5) is 4.79 Å². The molecule has 0 aromatic carbocycles. The fourth-order valence-corrected chi connectivity index (χ4v) is 2.06. The van der Waals surface area contributed by atoms with Gasteiger partial charge in [0.1, 0.15) is 5.60 Å². The highest BCUT2D eigenvalue weighted by Crippen LogP contribution is 2.15. The molecule has 0 spiro atoms. The lowest BCUT2D eigenvalue weighted by Crippen LogP contribution is -2.45. The monoisotopic (exact) mass is 329 g/mol. The second kappa shape index (κ2) is 9.11. The Morgan fingerprint density at radius 3 is 2.04 bits per heavy atom. The fraction of sp³-hybridized carbons (Fsp3) is 0.882. The summed E-state index contributed by atoms with van der Waals surface area (Å²) in [7, 11) is 1.64. The summed E-state index contributed by atoms with van der Waals surface area (Å²) >= 11 is 0. The van der Waals surface area contributed by atoms with Gasteiger partial charge in [0, 0.05) is 20.1 Å². The normalized spacial score (nSPS) is 13.6. The van der Waals surface area contributed by atoms with E-state index in [4.69, 9.17) is 4.74 Å². The summed E-state index contributed by atoms with van der Waals surface area (Å²) in [6.45, 7) is 15.4. The predicted molar refractivity (Wildman–Crippen MR) is 93.3 cm³/mol. The van der Waals surface area contributed by atoms with Gasteiger partial charge in [0.05, 0.1) is 5.41 Å². The molecule has 0 rings (SSSR count). The van der Waals surface area contributed by atoms with E-state index in [1.807, 2.05) is 34.6 Å². The van der Waals surface area contributed by atoms with Gasteiger partial charge in [-0.1, -0.05) is 13.8 Å². The van der Waals surface area contributed by atoms with Gasteiger partial charge in [0.25, 0.3) is 0 Å². The Kier molecular flexibility index (Phi) is 8.59. The molecule has 0 aliphatic carbocycles. The number of hydrogen-bond acceptors (Lipinski definition) is 4. The lowest BCUT2D eigenvalue weighted by Gasteiger charge is -2.27. The molecule has 0 fully saturated rings. The van der Waals surface area contributed by atoms with Crippen molar-refractivity contribution in [3.63, 3.8) is 0 Å². The first-order valence-electron chi connectivity index (χ1n) is 8.29. The van der Waals surface area contributed by atoms with Crippen LogP contribution in [0, 0.1) is 17.3 Å². The van der Waals surface area contributed by atoms with Crippen LogP contribution in [0.2, 0.25) is 0 Å². The van der Waals surface area contributed by atoms with Gasteiger partial charge >= 0.3 is 6.09 Å². The van der Waals surface area contributed by atoms with Gasteiger partial charge in [-0.05, 0) is 53.0 Å². The third-order valence-corrected chi connectivity index (χ3v) is 3.67. The molecular weight excluding hydrogens is 294 g/mol. The van der Waals surface area contributed by atoms with Crippen LogP contribution in [0.15, 0.2) is 0 Å². The minimum atomic E-state index is -0.493. The molecule has 1 atom stereocenters. The molecule has 0 saturated heterocycles. The average Bonchev–Trinajstić information content (AvgIpc) is 2.38. The molecule has 2 amide bonds. The molecule has 6 nitrogen and oxygen atoms in total. The van der Waals surface area contributed by atoms with Crippen LogP contribution in [0.1, 0.15) is 48.5 Å². The summed E-state index contributed by atoms with van der Waals surface area (Å²) in [5.74, 6) is 0.682. The molecule has 0 heterocycles. The van der Waals surface area contributed by atoms with Gasteiger partial charge in [-0.2, -0.15) is 0 Å². The van der Waals surface area contributed by atoms with Crippen LogP contribution >= 0.6 is 0 Å². The van der Waals surface area contributed by atoms with E-state index in [0.717, 1.165) is 6.54 Å². The fourth-order valence-electron chi connectivity index (χ4n) is 2.06. The highest BCUT2D eigenvalue weighted by Gasteiger charge is 2.26. The van der Waals surface area contributed by atoms with E-state index in [0.29, 0.717) is 19.0 Å². The van der Waals surface area contributed by atoms with Crippen LogP contribution in [0.5, 0.6) is 0 Å². The minimum absolute atomic E-state index is 0.0120. The van der Waals surface area contributed by atoms with Crippen molar-refractivity contribution in [2.24, 2.45) is 17.3 Å². The first kappa shape index (κ1) is 21.7. The molecular formula is C17H35N3O3. The van der Waals surface area contributed by atoms with Crippen molar-refractivity contribution in [2.75, 3.05) is 26.7 Å². The van der Waals surface area contributed by atoms with Crippen molar-refractivity contribution in [2.45, 2.75) is 54.1 Å². The Labute approximate surface area is 141 Å². The average molecular weight is 329 g/mol. The molecule has 23 heavy (non-hydrogen) atoms. The van der Waals surface area contributed by atoms with Crippen molar-refractivity contribution < 1.29 is 14.3 Å². The van der Waals surface area contributed by atoms with Gasteiger partial charge in [-0.25, -0.2) is 4.79 Å². The van der Waals surface area contributed by atoms with Crippen LogP contribution in [-0.4, -0.2) is 44.3 Å². The lowest BCUT2D eigenvalue weighted by molar-refractivity contribution is -0.128. The standard InChI is InChI=1S/C17H35N3O3/c1-12(2)13(10-20-15(22)23-16(3,4)5)9-19-11-17(6,7)14(21)18-8/h12-13,19H,9-11H2,1-8H3,(H,18,21)(H,20,22). The number of ether oxygens (including phenoxy) is 1. The van der Waals surface area contributed by atoms with Gasteiger partial charge in [-0.15, -0.1) is 0 Å². The molecule has 0 aliphatic rings. The molecule has 0 aromatic rings. The van der Waals surface area contributed by atoms with E-state index < -0.39 is 17.1 Å². The van der Waals surface area contributed by atoms with Crippen molar-refractivity contribution in [1.82, 2.24) is 16.0 Å². The highest BCUT2D eigenvalue weighted by molar-refractivity contribution is 5.81. The summed E-state index contributed by atoms with van der Waals surface area (Å²) in [4.78, 5) is 23.5. The Hall–Kier alpha value is -1.30. The minimum Gasteiger partial charge on any atom is -0.444 e. The summed E-state index contributed by atoms with van der Waals surface area (Å²) < 4.78 is 5.25. The molecule has 0 saturated carbocycles. The third kappa shape index (κ3) is 9.43. The van der Waals surface area contributed by atoms with Crippen molar-refractivity contribution in [3.05, 3.63) is 0 Å². The van der Waals surface area contributed by atoms with Crippen LogP contribution in [0.3, 0.4) is 0 Å². The Balaban J connectivity index is 4.33. The van der Waals surface area contributed by atoms with Gasteiger partial charge in [0.15, 0.2) is 0 Å². The van der Waals surface area contributed by atoms with Crippen LogP contribution in [-0.2, 0) is 9.53 Å². The molecule has 3 N–H and O–H groups in total. The van der Waals surface area contributed by atoms with Crippen LogP contribution in [0.25, 0.3) is 0 Å². The molecule has 0 bridgehead atoms. The topological polar surface area (TPSA) is 79.5 Å². The second-order valence-electron chi connectivity index (χ2n) is 7.98. The Morgan fingerprint density at radius 1 is 1.04 bits per heavy atom. The lowest BCUT2D eigenvalue weighted by atomic mass is 9.91. The summed E-state index contributed by atoms with van der Waals surface area (Å²) in [5.41, 5.74) is -0.956. The zero-order chi connectivity index (χ0) is 18.3. The first-order chi connectivity index (χ1) is 10.4. The number of nitrogens with one attached hydrogen (secondary N) is 3. The van der Waals surface area contributed by atoms with E-state index in [9.17, 15) is 9.59 Å². The van der Waals surface area contributed by atoms with E-state index in [-0.39, 0.29) is 11.8 Å². The summed E-state index contributed by atoms with van der Waals surface area (Å²) in [6, 6.07) is 0. The maximum atomic E-state index is 11.8. The number of alkyl carbamates (subject to hydrolysis) is 1. The quantitative estimate of drug-likeness (QED) is 0.637. The van der Waals surface area contributed by atoms with Crippen molar-refractivity contribution in [1.29, 1.82) is 0 Å². The first-order valence-corrected chi connectivity index (χ1v) is 8.29. The number of carbonyl (C=O) groups is 2. The maximum absolute atomic E-state index is 11.8. The highest BCUT2D eigenvalue weighted by atomic mass is 16.6. The largest absolute Gasteiger partial charge is 0.444 e. The molecule has 136 valence electrons. The summed E-state index contributed by atoms with van der Waals surface area (Å²) in [5, 5.41) is 8.84. The van der Waals surface area contributed by atoms with Gasteiger partial charge in [0.2, 0.25) is 5.91 Å². The van der Waals surface area contributed by atoms with Gasteiger partial charge < -0.3 is 20.7 Å². The number of carbonyl (C=O) groups excluding carboxylic acids is 2. The SMILES string of the molecule is CNC(=O)C(C)(C)CNCC(CNC(=O)OC(C)(C)C)C(C)C. The molecule has 0 aromatic heterocycles. The van der Waals surface area contributed by atoms with E-state index in [2.05, 4.69) is 29.8 Å². The summed E-state index contributed by atoms with van der Waals surface area (Å²) in [6.07, 6.45) is -0.395. The van der Waals surface area contributed by atoms with E-state index >= 15 is 0 Å².